The van der Waals surface area contributed by atoms with Gasteiger partial charge in [0.15, 0.2) is 11.5 Å². The molecule has 1 aromatic heterocycles. The van der Waals surface area contributed by atoms with E-state index in [2.05, 4.69) is 12.2 Å². The molecule has 1 aliphatic rings. The van der Waals surface area contributed by atoms with Gasteiger partial charge in [-0.25, -0.2) is 0 Å². The minimum atomic E-state index is -0.901. The summed E-state index contributed by atoms with van der Waals surface area (Å²) in [6.07, 6.45) is 0.989. The lowest BCUT2D eigenvalue weighted by molar-refractivity contribution is -0.137. The van der Waals surface area contributed by atoms with Crippen molar-refractivity contribution in [1.82, 2.24) is 5.32 Å². The van der Waals surface area contributed by atoms with Crippen molar-refractivity contribution in [3.8, 4) is 11.5 Å². The van der Waals surface area contributed by atoms with E-state index in [-0.39, 0.29) is 11.9 Å². The summed E-state index contributed by atoms with van der Waals surface area (Å²) in [5.74, 6) is 0.986. The van der Waals surface area contributed by atoms with Crippen LogP contribution in [-0.4, -0.2) is 12.2 Å². The molecular formula is C16H17NO3S. The van der Waals surface area contributed by atoms with E-state index in [0.717, 1.165) is 17.7 Å². The van der Waals surface area contributed by atoms with Gasteiger partial charge in [-0.15, -0.1) is 11.3 Å². The monoisotopic (exact) mass is 303 g/mol. The smallest absolute Gasteiger partial charge is 0.321 e. The summed E-state index contributed by atoms with van der Waals surface area (Å²) in [7, 11) is 0. The molecule has 1 N–H and O–H groups in total. The van der Waals surface area contributed by atoms with E-state index in [1.807, 2.05) is 29.6 Å². The molecule has 4 nitrogen and oxygen atoms in total. The standard InChI is InChI=1S/C16H17NO3S/c1-2-6-11(14-9-5-10-21-14)17-15(18)16-19-12-7-3-4-8-13(12)20-16/h3-5,7-11,16H,2,6H2,1H3,(H,17,18)/t11-/m0/s1. The molecule has 3 rings (SSSR count). The number of rotatable bonds is 5. The topological polar surface area (TPSA) is 47.6 Å². The fourth-order valence-electron chi connectivity index (χ4n) is 2.31. The molecule has 0 saturated heterocycles. The second-order valence-electron chi connectivity index (χ2n) is 4.88. The summed E-state index contributed by atoms with van der Waals surface area (Å²) in [4.78, 5) is 13.5. The van der Waals surface area contributed by atoms with Crippen LogP contribution in [0.2, 0.25) is 0 Å². The Kier molecular flexibility index (Phi) is 4.10. The molecule has 2 heterocycles. The Hall–Kier alpha value is -2.01. The number of carbonyl (C=O) groups is 1. The molecule has 1 aliphatic heterocycles. The van der Waals surface area contributed by atoms with E-state index in [9.17, 15) is 4.79 Å². The molecule has 2 aromatic rings. The van der Waals surface area contributed by atoms with Crippen molar-refractivity contribution in [2.24, 2.45) is 0 Å². The van der Waals surface area contributed by atoms with Crippen molar-refractivity contribution in [3.05, 3.63) is 46.7 Å². The molecule has 0 fully saturated rings. The lowest BCUT2D eigenvalue weighted by atomic mass is 10.1. The van der Waals surface area contributed by atoms with Gasteiger partial charge in [-0.1, -0.05) is 31.5 Å². The van der Waals surface area contributed by atoms with Gasteiger partial charge in [0.2, 0.25) is 0 Å². The molecular weight excluding hydrogens is 286 g/mol. The van der Waals surface area contributed by atoms with Crippen LogP contribution in [0.4, 0.5) is 0 Å². The Labute approximate surface area is 127 Å². The Balaban J connectivity index is 1.66. The summed E-state index contributed by atoms with van der Waals surface area (Å²) >= 11 is 1.65. The normalized spacial score (nSPS) is 14.9. The quantitative estimate of drug-likeness (QED) is 0.919. The van der Waals surface area contributed by atoms with Gasteiger partial charge in [-0.2, -0.15) is 0 Å². The number of ether oxygens (including phenoxy) is 2. The summed E-state index contributed by atoms with van der Waals surface area (Å²) in [6.45, 7) is 2.10. The average Bonchev–Trinajstić information content (AvgIpc) is 3.16. The maximum absolute atomic E-state index is 12.3. The van der Waals surface area contributed by atoms with Crippen LogP contribution in [0.3, 0.4) is 0 Å². The Morgan fingerprint density at radius 1 is 1.24 bits per heavy atom. The van der Waals surface area contributed by atoms with E-state index >= 15 is 0 Å². The molecule has 1 amide bonds. The number of fused-ring (bicyclic) bond motifs is 1. The van der Waals surface area contributed by atoms with Crippen LogP contribution in [0, 0.1) is 0 Å². The molecule has 0 aliphatic carbocycles. The van der Waals surface area contributed by atoms with Gasteiger partial charge in [0, 0.05) is 4.88 Å². The van der Waals surface area contributed by atoms with E-state index in [1.165, 1.54) is 0 Å². The minimum Gasteiger partial charge on any atom is -0.442 e. The Morgan fingerprint density at radius 2 is 1.95 bits per heavy atom. The van der Waals surface area contributed by atoms with Crippen LogP contribution in [0.5, 0.6) is 11.5 Å². The third-order valence-corrected chi connectivity index (χ3v) is 4.30. The maximum atomic E-state index is 12.3. The number of para-hydroxylation sites is 2. The van der Waals surface area contributed by atoms with Crippen LogP contribution in [0.1, 0.15) is 30.7 Å². The van der Waals surface area contributed by atoms with E-state index < -0.39 is 6.29 Å². The number of hydrogen-bond donors (Lipinski definition) is 1. The SMILES string of the molecule is CCC[C@H](NC(=O)C1Oc2ccccc2O1)c1cccs1. The lowest BCUT2D eigenvalue weighted by Crippen LogP contribution is -2.41. The summed E-state index contributed by atoms with van der Waals surface area (Å²) < 4.78 is 11.1. The average molecular weight is 303 g/mol. The van der Waals surface area contributed by atoms with Gasteiger partial charge in [0.25, 0.3) is 0 Å². The third-order valence-electron chi connectivity index (χ3n) is 3.31. The largest absolute Gasteiger partial charge is 0.442 e. The fourth-order valence-corrected chi connectivity index (χ4v) is 3.12. The molecule has 1 aromatic carbocycles. The zero-order valence-corrected chi connectivity index (χ0v) is 12.6. The van der Waals surface area contributed by atoms with Crippen molar-refractivity contribution in [2.75, 3.05) is 0 Å². The Bertz CT molecular complexity index is 587. The molecule has 110 valence electrons. The highest BCUT2D eigenvalue weighted by Gasteiger charge is 2.31. The number of amides is 1. The second-order valence-corrected chi connectivity index (χ2v) is 5.86. The number of nitrogens with one attached hydrogen (secondary N) is 1. The Morgan fingerprint density at radius 3 is 2.52 bits per heavy atom. The number of carbonyl (C=O) groups excluding carboxylic acids is 1. The van der Waals surface area contributed by atoms with E-state index in [0.29, 0.717) is 11.5 Å². The molecule has 1 atom stereocenters. The van der Waals surface area contributed by atoms with Crippen molar-refractivity contribution in [3.63, 3.8) is 0 Å². The molecule has 0 radical (unpaired) electrons. The first kappa shape index (κ1) is 13.9. The highest BCUT2D eigenvalue weighted by atomic mass is 32.1. The van der Waals surface area contributed by atoms with Crippen molar-refractivity contribution in [2.45, 2.75) is 32.1 Å². The highest BCUT2D eigenvalue weighted by Crippen LogP contribution is 2.34. The zero-order valence-electron chi connectivity index (χ0n) is 11.7. The predicted molar refractivity (Wildman–Crippen MR) is 81.6 cm³/mol. The summed E-state index contributed by atoms with van der Waals surface area (Å²) in [6, 6.07) is 11.3. The molecule has 0 spiro atoms. The van der Waals surface area contributed by atoms with Crippen LogP contribution < -0.4 is 14.8 Å². The van der Waals surface area contributed by atoms with Crippen LogP contribution in [0.25, 0.3) is 0 Å². The molecule has 0 saturated carbocycles. The van der Waals surface area contributed by atoms with E-state index in [4.69, 9.17) is 9.47 Å². The van der Waals surface area contributed by atoms with Crippen molar-refractivity contribution >= 4 is 17.2 Å². The van der Waals surface area contributed by atoms with Gasteiger partial charge in [0.1, 0.15) is 0 Å². The second kappa shape index (κ2) is 6.18. The predicted octanol–water partition coefficient (Wildman–Crippen LogP) is 3.50. The zero-order chi connectivity index (χ0) is 14.7. The molecule has 5 heteroatoms. The number of thiophene rings is 1. The van der Waals surface area contributed by atoms with Gasteiger partial charge in [-0.3, -0.25) is 4.79 Å². The lowest BCUT2D eigenvalue weighted by Gasteiger charge is -2.18. The summed E-state index contributed by atoms with van der Waals surface area (Å²) in [5.41, 5.74) is 0. The first-order valence-electron chi connectivity index (χ1n) is 7.04. The van der Waals surface area contributed by atoms with Crippen LogP contribution in [0.15, 0.2) is 41.8 Å². The van der Waals surface area contributed by atoms with Crippen LogP contribution >= 0.6 is 11.3 Å². The van der Waals surface area contributed by atoms with Crippen LogP contribution in [-0.2, 0) is 4.79 Å². The van der Waals surface area contributed by atoms with E-state index in [1.54, 1.807) is 23.5 Å². The van der Waals surface area contributed by atoms with Crippen molar-refractivity contribution in [1.29, 1.82) is 0 Å². The van der Waals surface area contributed by atoms with Crippen molar-refractivity contribution < 1.29 is 14.3 Å². The maximum Gasteiger partial charge on any atom is 0.321 e. The minimum absolute atomic E-state index is 0.0124. The molecule has 21 heavy (non-hydrogen) atoms. The van der Waals surface area contributed by atoms with Gasteiger partial charge in [-0.05, 0) is 30.0 Å². The first-order valence-corrected chi connectivity index (χ1v) is 7.92. The highest BCUT2D eigenvalue weighted by molar-refractivity contribution is 7.10. The molecule has 0 unspecified atom stereocenters. The third kappa shape index (κ3) is 3.03. The van der Waals surface area contributed by atoms with Gasteiger partial charge < -0.3 is 14.8 Å². The molecule has 0 bridgehead atoms. The van der Waals surface area contributed by atoms with Gasteiger partial charge >= 0.3 is 12.2 Å². The summed E-state index contributed by atoms with van der Waals surface area (Å²) in [5, 5.41) is 5.04. The fraction of sp³-hybridized carbons (Fsp3) is 0.312. The number of hydrogen-bond acceptors (Lipinski definition) is 4. The van der Waals surface area contributed by atoms with Gasteiger partial charge in [0.05, 0.1) is 6.04 Å². The first-order chi connectivity index (χ1) is 10.3. The number of benzene rings is 1.